The molecule has 124 valence electrons. The van der Waals surface area contributed by atoms with Crippen LogP contribution in [0, 0.1) is 6.92 Å². The molecule has 1 aliphatic heterocycles. The molecule has 1 aliphatic rings. The smallest absolute Gasteiger partial charge is 0.250 e. The van der Waals surface area contributed by atoms with Crippen molar-refractivity contribution in [1.82, 2.24) is 0 Å². The minimum Gasteiger partial charge on any atom is -0.303 e. The third-order valence-electron chi connectivity index (χ3n) is 5.18. The molecule has 0 N–H and O–H groups in total. The zero-order valence-electron chi connectivity index (χ0n) is 15.0. The second-order valence-electron chi connectivity index (χ2n) is 7.59. The maximum absolute atomic E-state index is 12.6. The maximum atomic E-state index is 12.6. The van der Waals surface area contributed by atoms with Crippen LogP contribution in [0.2, 0.25) is 0 Å². The molecular weight excluding hydrogens is 294 g/mol. The molecule has 0 aliphatic carbocycles. The molecule has 24 heavy (non-hydrogen) atoms. The fourth-order valence-electron chi connectivity index (χ4n) is 4.22. The van der Waals surface area contributed by atoms with Gasteiger partial charge in [-0.1, -0.05) is 61.5 Å². The van der Waals surface area contributed by atoms with Crippen molar-refractivity contribution in [3.63, 3.8) is 0 Å². The van der Waals surface area contributed by atoms with Crippen LogP contribution in [0.4, 0.5) is 5.69 Å². The Morgan fingerprint density at radius 2 is 1.79 bits per heavy atom. The van der Waals surface area contributed by atoms with Gasteiger partial charge >= 0.3 is 0 Å². The van der Waals surface area contributed by atoms with Crippen LogP contribution in [-0.4, -0.2) is 11.4 Å². The summed E-state index contributed by atoms with van der Waals surface area (Å²) in [5.74, 6) is -0.0415. The summed E-state index contributed by atoms with van der Waals surface area (Å²) in [5, 5.41) is 0. The van der Waals surface area contributed by atoms with Crippen molar-refractivity contribution >= 4 is 11.6 Å². The summed E-state index contributed by atoms with van der Waals surface area (Å²) < 4.78 is 0. The highest BCUT2D eigenvalue weighted by atomic mass is 16.2. The average Bonchev–Trinajstić information content (AvgIpc) is 2.55. The minimum absolute atomic E-state index is 0.0415. The van der Waals surface area contributed by atoms with E-state index in [0.717, 1.165) is 12.1 Å². The number of amides is 1. The van der Waals surface area contributed by atoms with Crippen LogP contribution >= 0.6 is 0 Å². The summed E-state index contributed by atoms with van der Waals surface area (Å²) in [6.45, 7) is 12.4. The Kier molecular flexibility index (Phi) is 3.87. The van der Waals surface area contributed by atoms with Crippen molar-refractivity contribution in [2.45, 2.75) is 45.1 Å². The molecule has 2 heteroatoms. The molecule has 1 heterocycles. The van der Waals surface area contributed by atoms with Crippen LogP contribution in [0.25, 0.3) is 0 Å². The van der Waals surface area contributed by atoms with Gasteiger partial charge < -0.3 is 4.90 Å². The number of hydrogen-bond donors (Lipinski definition) is 0. The molecule has 1 amide bonds. The van der Waals surface area contributed by atoms with Gasteiger partial charge in [-0.2, -0.15) is 0 Å². The first-order chi connectivity index (χ1) is 11.3. The summed E-state index contributed by atoms with van der Waals surface area (Å²) >= 11 is 0. The van der Waals surface area contributed by atoms with Gasteiger partial charge in [-0.15, -0.1) is 0 Å². The molecule has 2 aromatic rings. The number of carbonyl (C=O) groups excluding carboxylic acids is 1. The summed E-state index contributed by atoms with van der Waals surface area (Å²) in [6.07, 6.45) is 2.27. The van der Waals surface area contributed by atoms with Gasteiger partial charge in [0.25, 0.3) is 5.91 Å². The number of hydrogen-bond acceptors (Lipinski definition) is 1. The van der Waals surface area contributed by atoms with Crippen molar-refractivity contribution in [2.24, 2.45) is 0 Å². The Labute approximate surface area is 144 Å². The lowest BCUT2D eigenvalue weighted by Gasteiger charge is -2.51. The van der Waals surface area contributed by atoms with E-state index in [-0.39, 0.29) is 16.9 Å². The highest BCUT2D eigenvalue weighted by Crippen LogP contribution is 2.50. The monoisotopic (exact) mass is 319 g/mol. The Morgan fingerprint density at radius 1 is 1.12 bits per heavy atom. The molecule has 0 aromatic heterocycles. The lowest BCUT2D eigenvalue weighted by molar-refractivity contribution is -0.115. The third-order valence-corrected chi connectivity index (χ3v) is 5.18. The molecule has 0 radical (unpaired) electrons. The Hall–Kier alpha value is -2.35. The van der Waals surface area contributed by atoms with Crippen LogP contribution in [-0.2, 0) is 10.2 Å². The lowest BCUT2D eigenvalue weighted by atomic mass is 9.65. The van der Waals surface area contributed by atoms with Gasteiger partial charge in [0.05, 0.1) is 0 Å². The number of benzene rings is 2. The van der Waals surface area contributed by atoms with Crippen LogP contribution < -0.4 is 4.90 Å². The normalized spacial score (nSPS) is 21.9. The molecule has 3 rings (SSSR count). The first-order valence-electron chi connectivity index (χ1n) is 8.43. The maximum Gasteiger partial charge on any atom is 0.250 e. The quantitative estimate of drug-likeness (QED) is 0.713. The largest absolute Gasteiger partial charge is 0.303 e. The van der Waals surface area contributed by atoms with Gasteiger partial charge in [-0.3, -0.25) is 4.79 Å². The minimum atomic E-state index is -0.294. The van der Waals surface area contributed by atoms with Crippen molar-refractivity contribution in [3.05, 3.63) is 77.9 Å². The van der Waals surface area contributed by atoms with Crippen LogP contribution in [0.5, 0.6) is 0 Å². The number of anilines is 1. The zero-order chi connectivity index (χ0) is 17.5. The fraction of sp³-hybridized carbons (Fsp3) is 0.318. The molecule has 2 nitrogen and oxygen atoms in total. The number of rotatable bonds is 2. The third kappa shape index (κ3) is 2.47. The van der Waals surface area contributed by atoms with Gasteiger partial charge in [0.1, 0.15) is 0 Å². The number of carbonyl (C=O) groups is 1. The number of nitrogens with zero attached hydrogens (tertiary/aromatic N) is 1. The van der Waals surface area contributed by atoms with E-state index in [2.05, 4.69) is 76.7 Å². The topological polar surface area (TPSA) is 20.3 Å². The van der Waals surface area contributed by atoms with Gasteiger partial charge in [0, 0.05) is 16.6 Å². The fourth-order valence-corrected chi connectivity index (χ4v) is 4.22. The van der Waals surface area contributed by atoms with Gasteiger partial charge in [-0.25, -0.2) is 0 Å². The molecule has 2 aromatic carbocycles. The second kappa shape index (κ2) is 5.62. The zero-order valence-corrected chi connectivity index (χ0v) is 15.0. The first kappa shape index (κ1) is 16.5. The Bertz CT molecular complexity index is 791. The van der Waals surface area contributed by atoms with Crippen molar-refractivity contribution in [2.75, 3.05) is 4.90 Å². The standard InChI is InChI=1S/C22H25NO/c1-6-20(24)23-19-13-12-16(2)14-18(19)22(5,15-21(23,3)4)17-10-8-7-9-11-17/h6-14H,1,15H2,2-5H3. The summed E-state index contributed by atoms with van der Waals surface area (Å²) in [7, 11) is 0. The van der Waals surface area contributed by atoms with Crippen molar-refractivity contribution in [3.8, 4) is 0 Å². The highest BCUT2D eigenvalue weighted by Gasteiger charge is 2.47. The molecule has 0 fully saturated rings. The number of fused-ring (bicyclic) bond motifs is 1. The van der Waals surface area contributed by atoms with Crippen LogP contribution in [0.15, 0.2) is 61.2 Å². The molecule has 0 spiro atoms. The number of aryl methyl sites for hydroxylation is 1. The predicted molar refractivity (Wildman–Crippen MR) is 100 cm³/mol. The molecule has 1 unspecified atom stereocenters. The van der Waals surface area contributed by atoms with E-state index in [1.807, 2.05) is 11.0 Å². The van der Waals surface area contributed by atoms with Gasteiger partial charge in [0.2, 0.25) is 0 Å². The SMILES string of the molecule is C=CC(=O)N1c2ccc(C)cc2C(C)(c2ccccc2)CC1(C)C. The summed E-state index contributed by atoms with van der Waals surface area (Å²) in [4.78, 5) is 14.5. The molecular formula is C22H25NO. The predicted octanol–water partition coefficient (Wildman–Crippen LogP) is 5.00. The molecule has 0 saturated carbocycles. The average molecular weight is 319 g/mol. The van der Waals surface area contributed by atoms with E-state index >= 15 is 0 Å². The van der Waals surface area contributed by atoms with Crippen molar-refractivity contribution in [1.29, 1.82) is 0 Å². The molecule has 1 atom stereocenters. The van der Waals surface area contributed by atoms with Gasteiger partial charge in [0.15, 0.2) is 0 Å². The Morgan fingerprint density at radius 3 is 2.42 bits per heavy atom. The van der Waals surface area contributed by atoms with Crippen molar-refractivity contribution < 1.29 is 4.79 Å². The summed E-state index contributed by atoms with van der Waals surface area (Å²) in [5.41, 5.74) is 4.27. The van der Waals surface area contributed by atoms with Gasteiger partial charge in [-0.05, 0) is 50.5 Å². The van der Waals surface area contributed by atoms with E-state index in [1.165, 1.54) is 22.8 Å². The summed E-state index contributed by atoms with van der Waals surface area (Å²) in [6, 6.07) is 17.0. The Balaban J connectivity index is 2.30. The molecule has 0 bridgehead atoms. The van der Waals surface area contributed by atoms with E-state index in [1.54, 1.807) is 0 Å². The molecule has 0 saturated heterocycles. The van der Waals surface area contributed by atoms with E-state index < -0.39 is 0 Å². The van der Waals surface area contributed by atoms with E-state index in [9.17, 15) is 4.79 Å². The second-order valence-corrected chi connectivity index (χ2v) is 7.59. The van der Waals surface area contributed by atoms with E-state index in [0.29, 0.717) is 0 Å². The lowest BCUT2D eigenvalue weighted by Crippen LogP contribution is -2.55. The van der Waals surface area contributed by atoms with Crippen LogP contribution in [0.3, 0.4) is 0 Å². The van der Waals surface area contributed by atoms with Crippen LogP contribution in [0.1, 0.15) is 43.9 Å². The highest BCUT2D eigenvalue weighted by molar-refractivity contribution is 6.03. The first-order valence-corrected chi connectivity index (χ1v) is 8.43. The van der Waals surface area contributed by atoms with E-state index in [4.69, 9.17) is 0 Å².